The summed E-state index contributed by atoms with van der Waals surface area (Å²) in [6.45, 7) is 3.05. The van der Waals surface area contributed by atoms with E-state index in [1.54, 1.807) is 12.1 Å². The van der Waals surface area contributed by atoms with Gasteiger partial charge in [-0.3, -0.25) is 14.7 Å². The van der Waals surface area contributed by atoms with Crippen LogP contribution in [0.4, 0.5) is 0 Å². The number of hydrogen-bond acceptors (Lipinski definition) is 3. The van der Waals surface area contributed by atoms with E-state index in [9.17, 15) is 9.59 Å². The van der Waals surface area contributed by atoms with E-state index in [4.69, 9.17) is 11.6 Å². The quantitative estimate of drug-likeness (QED) is 0.812. The summed E-state index contributed by atoms with van der Waals surface area (Å²) in [6, 6.07) is 5.37. The summed E-state index contributed by atoms with van der Waals surface area (Å²) in [5, 5.41) is 7.98. The molecule has 1 N–H and O–H groups in total. The number of benzene rings is 1. The molecule has 1 aromatic heterocycles. The molecule has 0 bridgehead atoms. The number of nitrogens with one attached hydrogen (secondary N) is 1. The molecule has 0 saturated carbocycles. The molecule has 4 rings (SSSR count). The van der Waals surface area contributed by atoms with Crippen molar-refractivity contribution in [1.29, 1.82) is 0 Å². The van der Waals surface area contributed by atoms with E-state index in [0.29, 0.717) is 29.4 Å². The Hall–Kier alpha value is -2.14. The maximum absolute atomic E-state index is 13.1. The summed E-state index contributed by atoms with van der Waals surface area (Å²) in [4.78, 5) is 27.9. The zero-order valence-corrected chi connectivity index (χ0v) is 16.3. The highest BCUT2D eigenvalue weighted by Crippen LogP contribution is 2.27. The maximum Gasteiger partial charge on any atom is 0.274 e. The largest absolute Gasteiger partial charge is 0.337 e. The summed E-state index contributed by atoms with van der Waals surface area (Å²) in [6.07, 6.45) is 5.76. The number of likely N-dealkylation sites (tertiary alicyclic amines) is 1. The highest BCUT2D eigenvalue weighted by atomic mass is 35.5. The molecular weight excluding hydrogens is 362 g/mol. The van der Waals surface area contributed by atoms with Crippen molar-refractivity contribution in [3.8, 4) is 0 Å². The molecule has 1 aliphatic heterocycles. The lowest BCUT2D eigenvalue weighted by Gasteiger charge is -2.32. The van der Waals surface area contributed by atoms with Gasteiger partial charge >= 0.3 is 0 Å². The number of carbonyl (C=O) groups is 2. The average molecular weight is 386 g/mol. The number of Topliss-reactive ketones (excluding diaryl/α,β-unsaturated/α-hetero) is 1. The van der Waals surface area contributed by atoms with Gasteiger partial charge in [-0.2, -0.15) is 5.10 Å². The third-order valence-corrected chi connectivity index (χ3v) is 6.03. The molecule has 2 aliphatic rings. The summed E-state index contributed by atoms with van der Waals surface area (Å²) < 4.78 is 0. The number of aromatic amines is 1. The molecule has 1 aromatic carbocycles. The van der Waals surface area contributed by atoms with Crippen LogP contribution in [0.5, 0.6) is 0 Å². The molecule has 2 aromatic rings. The number of ketones is 1. The number of halogens is 1. The molecule has 1 amide bonds. The van der Waals surface area contributed by atoms with Gasteiger partial charge in [0, 0.05) is 40.9 Å². The third kappa shape index (κ3) is 3.53. The number of nitrogens with zero attached hydrogens (tertiary/aromatic N) is 2. The van der Waals surface area contributed by atoms with Crippen molar-refractivity contribution in [3.63, 3.8) is 0 Å². The number of fused-ring (bicyclic) bond motifs is 1. The number of rotatable bonds is 3. The van der Waals surface area contributed by atoms with E-state index >= 15 is 0 Å². The fourth-order valence-corrected chi connectivity index (χ4v) is 4.53. The SMILES string of the molecule is Cc1cc(Cl)ccc1C(=O)[C@@H]1CCCN(C(=O)c2n[nH]c3c2CCCC3)C1. The summed E-state index contributed by atoms with van der Waals surface area (Å²) in [5.41, 5.74) is 4.33. The molecule has 142 valence electrons. The minimum absolute atomic E-state index is 0.0419. The minimum Gasteiger partial charge on any atom is -0.337 e. The van der Waals surface area contributed by atoms with E-state index in [-0.39, 0.29) is 17.6 Å². The number of piperidine rings is 1. The van der Waals surface area contributed by atoms with Crippen molar-refractivity contribution < 1.29 is 9.59 Å². The van der Waals surface area contributed by atoms with Crippen molar-refractivity contribution in [1.82, 2.24) is 15.1 Å². The Kier molecular flexibility index (Phi) is 5.04. The zero-order chi connectivity index (χ0) is 19.0. The van der Waals surface area contributed by atoms with Gasteiger partial charge in [-0.25, -0.2) is 0 Å². The van der Waals surface area contributed by atoms with E-state index in [1.807, 2.05) is 17.9 Å². The predicted octanol–water partition coefficient (Wildman–Crippen LogP) is 3.99. The minimum atomic E-state index is -0.169. The number of hydrogen-bond donors (Lipinski definition) is 1. The van der Waals surface area contributed by atoms with Crippen molar-refractivity contribution >= 4 is 23.3 Å². The van der Waals surface area contributed by atoms with Gasteiger partial charge in [0.05, 0.1) is 0 Å². The number of H-pyrrole nitrogens is 1. The monoisotopic (exact) mass is 385 g/mol. The zero-order valence-electron chi connectivity index (χ0n) is 15.6. The number of aryl methyl sites for hydroxylation is 2. The Morgan fingerprint density at radius 1 is 1.22 bits per heavy atom. The second kappa shape index (κ2) is 7.47. The van der Waals surface area contributed by atoms with Gasteiger partial charge in [-0.1, -0.05) is 11.6 Å². The van der Waals surface area contributed by atoms with Gasteiger partial charge in [0.1, 0.15) is 0 Å². The van der Waals surface area contributed by atoms with Crippen LogP contribution in [-0.4, -0.2) is 39.9 Å². The van der Waals surface area contributed by atoms with Crippen LogP contribution in [0.25, 0.3) is 0 Å². The number of amides is 1. The van der Waals surface area contributed by atoms with Crippen molar-refractivity contribution in [2.24, 2.45) is 5.92 Å². The van der Waals surface area contributed by atoms with E-state index in [0.717, 1.165) is 55.3 Å². The lowest BCUT2D eigenvalue weighted by molar-refractivity contribution is 0.0631. The van der Waals surface area contributed by atoms with Crippen molar-refractivity contribution in [2.75, 3.05) is 13.1 Å². The normalized spacial score (nSPS) is 19.6. The molecule has 27 heavy (non-hydrogen) atoms. The molecule has 1 aliphatic carbocycles. The number of carbonyl (C=O) groups excluding carboxylic acids is 2. The van der Waals surface area contributed by atoms with Gasteiger partial charge in [0.25, 0.3) is 5.91 Å². The lowest BCUT2D eigenvalue weighted by atomic mass is 9.88. The van der Waals surface area contributed by atoms with E-state index in [2.05, 4.69) is 10.2 Å². The van der Waals surface area contributed by atoms with Crippen LogP contribution in [0.1, 0.15) is 63.4 Å². The summed E-state index contributed by atoms with van der Waals surface area (Å²) in [7, 11) is 0. The van der Waals surface area contributed by atoms with Gasteiger partial charge in [0.15, 0.2) is 11.5 Å². The fourth-order valence-electron chi connectivity index (χ4n) is 4.31. The molecule has 2 heterocycles. The Bertz CT molecular complexity index is 890. The van der Waals surface area contributed by atoms with Crippen LogP contribution < -0.4 is 0 Å². The molecule has 1 atom stereocenters. The van der Waals surface area contributed by atoms with Gasteiger partial charge in [0.2, 0.25) is 0 Å². The second-order valence-electron chi connectivity index (χ2n) is 7.65. The van der Waals surface area contributed by atoms with Crippen LogP contribution in [-0.2, 0) is 12.8 Å². The van der Waals surface area contributed by atoms with E-state index < -0.39 is 0 Å². The first-order chi connectivity index (χ1) is 13.0. The van der Waals surface area contributed by atoms with E-state index in [1.165, 1.54) is 0 Å². The second-order valence-corrected chi connectivity index (χ2v) is 8.09. The third-order valence-electron chi connectivity index (χ3n) is 5.79. The molecular formula is C21H24ClN3O2. The predicted molar refractivity (Wildman–Crippen MR) is 104 cm³/mol. The molecule has 5 nitrogen and oxygen atoms in total. The number of aromatic nitrogens is 2. The van der Waals surface area contributed by atoms with Crippen LogP contribution >= 0.6 is 11.6 Å². The topological polar surface area (TPSA) is 66.1 Å². The molecule has 1 fully saturated rings. The van der Waals surface area contributed by atoms with Crippen LogP contribution in [0.3, 0.4) is 0 Å². The highest BCUT2D eigenvalue weighted by molar-refractivity contribution is 6.30. The first-order valence-electron chi connectivity index (χ1n) is 9.70. The highest BCUT2D eigenvalue weighted by Gasteiger charge is 2.32. The summed E-state index contributed by atoms with van der Waals surface area (Å²) in [5.74, 6) is -0.109. The first kappa shape index (κ1) is 18.2. The standard InChI is InChI=1S/C21H24ClN3O2/c1-13-11-15(22)8-9-16(13)20(26)14-5-4-10-25(12-14)21(27)19-17-6-2-3-7-18(17)23-24-19/h8-9,11,14H,2-7,10,12H2,1H3,(H,23,24)/t14-/m1/s1. The Morgan fingerprint density at radius 2 is 2.04 bits per heavy atom. The van der Waals surface area contributed by atoms with Gasteiger partial charge in [-0.15, -0.1) is 0 Å². The smallest absolute Gasteiger partial charge is 0.274 e. The summed E-state index contributed by atoms with van der Waals surface area (Å²) >= 11 is 6.01. The van der Waals surface area contributed by atoms with Gasteiger partial charge in [-0.05, 0) is 69.2 Å². The Labute approximate surface area is 164 Å². The van der Waals surface area contributed by atoms with Crippen LogP contribution in [0.2, 0.25) is 5.02 Å². The van der Waals surface area contributed by atoms with Crippen molar-refractivity contribution in [3.05, 3.63) is 51.3 Å². The van der Waals surface area contributed by atoms with Crippen LogP contribution in [0.15, 0.2) is 18.2 Å². The maximum atomic E-state index is 13.1. The Balaban J connectivity index is 1.52. The lowest BCUT2D eigenvalue weighted by Crippen LogP contribution is -2.43. The first-order valence-corrected chi connectivity index (χ1v) is 10.1. The van der Waals surface area contributed by atoms with Gasteiger partial charge < -0.3 is 4.90 Å². The molecule has 6 heteroatoms. The van der Waals surface area contributed by atoms with Crippen molar-refractivity contribution in [2.45, 2.75) is 45.4 Å². The van der Waals surface area contributed by atoms with Crippen LogP contribution in [0, 0.1) is 12.8 Å². The average Bonchev–Trinajstić information content (AvgIpc) is 3.11. The molecule has 0 spiro atoms. The molecule has 0 radical (unpaired) electrons. The molecule has 1 saturated heterocycles. The molecule has 0 unspecified atom stereocenters. The Morgan fingerprint density at radius 3 is 2.85 bits per heavy atom. The fraction of sp³-hybridized carbons (Fsp3) is 0.476.